The monoisotopic (exact) mass is 303 g/mol. The van der Waals surface area contributed by atoms with Crippen molar-refractivity contribution < 1.29 is 4.79 Å². The summed E-state index contributed by atoms with van der Waals surface area (Å²) in [5, 5.41) is 13.0. The number of benzene rings is 2. The number of nitriles is 1. The Balaban J connectivity index is 2.05. The van der Waals surface area contributed by atoms with Crippen LogP contribution in [0.3, 0.4) is 0 Å². The second-order valence-corrected chi connectivity index (χ2v) is 5.67. The molecule has 4 heteroatoms. The van der Waals surface area contributed by atoms with Gasteiger partial charge in [0, 0.05) is 18.1 Å². The highest BCUT2D eigenvalue weighted by Gasteiger charge is 2.16. The maximum atomic E-state index is 11.6. The summed E-state index contributed by atoms with van der Waals surface area (Å²) in [5.41, 5.74) is 4.74. The van der Waals surface area contributed by atoms with E-state index in [0.29, 0.717) is 5.56 Å². The highest BCUT2D eigenvalue weighted by Crippen LogP contribution is 2.26. The van der Waals surface area contributed by atoms with Gasteiger partial charge in [0.2, 0.25) is 5.91 Å². The molecule has 0 bridgehead atoms. The minimum absolute atomic E-state index is 0.0929. The fraction of sp³-hybridized carbons (Fsp3) is 0.158. The van der Waals surface area contributed by atoms with Crippen LogP contribution in [0.2, 0.25) is 0 Å². The normalized spacial score (nSPS) is 11.9. The van der Waals surface area contributed by atoms with E-state index < -0.39 is 0 Å². The zero-order valence-electron chi connectivity index (χ0n) is 13.1. The van der Waals surface area contributed by atoms with E-state index in [0.717, 1.165) is 27.7 Å². The molecule has 0 aliphatic carbocycles. The number of rotatable bonds is 3. The second-order valence-electron chi connectivity index (χ2n) is 5.67. The molecule has 0 aliphatic rings. The lowest BCUT2D eigenvalue weighted by Gasteiger charge is -2.19. The fourth-order valence-corrected chi connectivity index (χ4v) is 2.79. The summed E-state index contributed by atoms with van der Waals surface area (Å²) in [4.78, 5) is 14.9. The molecule has 0 saturated heterocycles. The van der Waals surface area contributed by atoms with Gasteiger partial charge < -0.3 is 10.3 Å². The zero-order chi connectivity index (χ0) is 16.4. The number of carbonyl (C=O) groups is 1. The molecule has 0 radical (unpaired) electrons. The van der Waals surface area contributed by atoms with Crippen LogP contribution in [0.1, 0.15) is 35.3 Å². The van der Waals surface area contributed by atoms with Crippen molar-refractivity contribution in [2.45, 2.75) is 19.9 Å². The van der Waals surface area contributed by atoms with Gasteiger partial charge in [-0.05, 0) is 53.8 Å². The molecule has 1 atom stereocenters. The number of nitrogens with one attached hydrogen (secondary N) is 2. The first-order chi connectivity index (χ1) is 11.1. The van der Waals surface area contributed by atoms with Crippen LogP contribution in [0.15, 0.2) is 48.5 Å². The average Bonchev–Trinajstić information content (AvgIpc) is 2.91. The standard InChI is InChI=1S/C19H17N3O/c1-12-9-17-10-16(7-8-18(17)21-12)19(22-13(2)23)15-5-3-14(11-20)4-6-15/h3-10,19,21H,1-2H3,(H,22,23). The van der Waals surface area contributed by atoms with Crippen LogP contribution >= 0.6 is 0 Å². The highest BCUT2D eigenvalue weighted by molar-refractivity contribution is 5.82. The number of aromatic amines is 1. The van der Waals surface area contributed by atoms with Crippen molar-refractivity contribution in [2.75, 3.05) is 0 Å². The smallest absolute Gasteiger partial charge is 0.217 e. The number of aryl methyl sites for hydroxylation is 1. The molecule has 114 valence electrons. The third kappa shape index (κ3) is 3.09. The van der Waals surface area contributed by atoms with E-state index in [-0.39, 0.29) is 11.9 Å². The van der Waals surface area contributed by atoms with Gasteiger partial charge in [-0.2, -0.15) is 5.26 Å². The Morgan fingerprint density at radius 3 is 2.48 bits per heavy atom. The molecular formula is C19H17N3O. The molecule has 0 aliphatic heterocycles. The number of fused-ring (bicyclic) bond motifs is 1. The van der Waals surface area contributed by atoms with Gasteiger partial charge in [0.25, 0.3) is 0 Å². The second kappa shape index (κ2) is 5.98. The summed E-state index contributed by atoms with van der Waals surface area (Å²) in [6.45, 7) is 3.53. The van der Waals surface area contributed by atoms with E-state index in [4.69, 9.17) is 5.26 Å². The summed E-state index contributed by atoms with van der Waals surface area (Å²) in [5.74, 6) is -0.0929. The molecule has 1 aromatic heterocycles. The number of nitrogens with zero attached hydrogens (tertiary/aromatic N) is 1. The lowest BCUT2D eigenvalue weighted by molar-refractivity contribution is -0.119. The molecule has 1 unspecified atom stereocenters. The Hall–Kier alpha value is -3.06. The first kappa shape index (κ1) is 14.9. The van der Waals surface area contributed by atoms with E-state index in [1.807, 2.05) is 31.2 Å². The van der Waals surface area contributed by atoms with Crippen LogP contribution in [0.25, 0.3) is 10.9 Å². The number of hydrogen-bond acceptors (Lipinski definition) is 2. The molecule has 0 fully saturated rings. The van der Waals surface area contributed by atoms with Gasteiger partial charge in [-0.15, -0.1) is 0 Å². The third-order valence-corrected chi connectivity index (χ3v) is 3.83. The lowest BCUT2D eigenvalue weighted by atomic mass is 9.96. The Kier molecular flexibility index (Phi) is 3.86. The van der Waals surface area contributed by atoms with E-state index in [9.17, 15) is 4.79 Å². The molecule has 1 heterocycles. The van der Waals surface area contributed by atoms with Gasteiger partial charge in [0.15, 0.2) is 0 Å². The minimum Gasteiger partial charge on any atom is -0.359 e. The van der Waals surface area contributed by atoms with E-state index >= 15 is 0 Å². The number of amides is 1. The number of H-pyrrole nitrogens is 1. The quantitative estimate of drug-likeness (QED) is 0.776. The van der Waals surface area contributed by atoms with Crippen LogP contribution in [-0.2, 0) is 4.79 Å². The summed E-state index contributed by atoms with van der Waals surface area (Å²) >= 11 is 0. The van der Waals surface area contributed by atoms with E-state index in [1.165, 1.54) is 6.92 Å². The molecule has 2 aromatic carbocycles. The Bertz CT molecular complexity index is 901. The average molecular weight is 303 g/mol. The highest BCUT2D eigenvalue weighted by atomic mass is 16.1. The summed E-state index contributed by atoms with van der Waals surface area (Å²) in [6, 6.07) is 17.4. The van der Waals surface area contributed by atoms with Crippen molar-refractivity contribution in [2.24, 2.45) is 0 Å². The van der Waals surface area contributed by atoms with Gasteiger partial charge in [-0.25, -0.2) is 0 Å². The van der Waals surface area contributed by atoms with Gasteiger partial charge in [0.1, 0.15) is 0 Å². The summed E-state index contributed by atoms with van der Waals surface area (Å²) in [6.07, 6.45) is 0. The SMILES string of the molecule is CC(=O)NC(c1ccc(C#N)cc1)c1ccc2[nH]c(C)cc2c1. The summed E-state index contributed by atoms with van der Waals surface area (Å²) < 4.78 is 0. The largest absolute Gasteiger partial charge is 0.359 e. The van der Waals surface area contributed by atoms with Gasteiger partial charge in [0.05, 0.1) is 17.7 Å². The van der Waals surface area contributed by atoms with Crippen molar-refractivity contribution in [1.29, 1.82) is 5.26 Å². The van der Waals surface area contributed by atoms with Crippen molar-refractivity contribution in [3.63, 3.8) is 0 Å². The first-order valence-electron chi connectivity index (χ1n) is 7.43. The lowest BCUT2D eigenvalue weighted by Crippen LogP contribution is -2.26. The van der Waals surface area contributed by atoms with Crippen molar-refractivity contribution in [3.05, 3.63) is 70.9 Å². The fourth-order valence-electron chi connectivity index (χ4n) is 2.79. The number of aromatic nitrogens is 1. The molecule has 3 rings (SSSR count). The molecule has 1 amide bonds. The first-order valence-corrected chi connectivity index (χ1v) is 7.43. The maximum Gasteiger partial charge on any atom is 0.217 e. The Labute approximate surface area is 134 Å². The van der Waals surface area contributed by atoms with Crippen LogP contribution in [-0.4, -0.2) is 10.9 Å². The predicted octanol–water partition coefficient (Wildman–Crippen LogP) is 3.57. The molecule has 0 saturated carbocycles. The van der Waals surface area contributed by atoms with Crippen molar-refractivity contribution >= 4 is 16.8 Å². The predicted molar refractivity (Wildman–Crippen MR) is 89.9 cm³/mol. The number of carbonyl (C=O) groups excluding carboxylic acids is 1. The zero-order valence-corrected chi connectivity index (χ0v) is 13.1. The van der Waals surface area contributed by atoms with Gasteiger partial charge in [-0.1, -0.05) is 18.2 Å². The molecule has 3 aromatic rings. The minimum atomic E-state index is -0.236. The molecule has 23 heavy (non-hydrogen) atoms. The maximum absolute atomic E-state index is 11.6. The molecule has 4 nitrogen and oxygen atoms in total. The van der Waals surface area contributed by atoms with Crippen molar-refractivity contribution in [3.8, 4) is 6.07 Å². The molecule has 2 N–H and O–H groups in total. The van der Waals surface area contributed by atoms with Crippen LogP contribution in [0.5, 0.6) is 0 Å². The van der Waals surface area contributed by atoms with Crippen LogP contribution in [0, 0.1) is 18.3 Å². The molecule has 0 spiro atoms. The molecular weight excluding hydrogens is 286 g/mol. The van der Waals surface area contributed by atoms with Gasteiger partial charge in [-0.3, -0.25) is 4.79 Å². The number of hydrogen-bond donors (Lipinski definition) is 2. The van der Waals surface area contributed by atoms with Crippen LogP contribution < -0.4 is 5.32 Å². The summed E-state index contributed by atoms with van der Waals surface area (Å²) in [7, 11) is 0. The Morgan fingerprint density at radius 1 is 1.13 bits per heavy atom. The van der Waals surface area contributed by atoms with Crippen molar-refractivity contribution in [1.82, 2.24) is 10.3 Å². The topological polar surface area (TPSA) is 68.7 Å². The van der Waals surface area contributed by atoms with E-state index in [1.54, 1.807) is 12.1 Å². The third-order valence-electron chi connectivity index (χ3n) is 3.83. The van der Waals surface area contributed by atoms with Crippen LogP contribution in [0.4, 0.5) is 0 Å². The van der Waals surface area contributed by atoms with E-state index in [2.05, 4.69) is 28.5 Å². The van der Waals surface area contributed by atoms with Gasteiger partial charge >= 0.3 is 0 Å². The Morgan fingerprint density at radius 2 is 1.83 bits per heavy atom.